The Kier molecular flexibility index (Phi) is 29.2. The maximum absolute atomic E-state index is 11.6. The van der Waals surface area contributed by atoms with Crippen LogP contribution in [-0.4, -0.2) is 101 Å². The van der Waals surface area contributed by atoms with Gasteiger partial charge in [0.1, 0.15) is 0 Å². The predicted octanol–water partition coefficient (Wildman–Crippen LogP) is 4.33. The van der Waals surface area contributed by atoms with E-state index in [1.54, 1.807) is 0 Å². The molecule has 10 heteroatoms. The summed E-state index contributed by atoms with van der Waals surface area (Å²) in [5, 5.41) is 9.16. The first-order chi connectivity index (χ1) is 14.3. The zero-order valence-electron chi connectivity index (χ0n) is 20.7. The summed E-state index contributed by atoms with van der Waals surface area (Å²) in [4.78, 5) is 22.4. The molecule has 3 N–H and O–H groups in total. The van der Waals surface area contributed by atoms with Crippen molar-refractivity contribution in [3.8, 4) is 0 Å². The first-order valence-electron chi connectivity index (χ1n) is 11.7. The smallest absolute Gasteiger partial charge is 0.324 e. The molecule has 1 unspecified atom stereocenters. The van der Waals surface area contributed by atoms with Crippen molar-refractivity contribution in [3.05, 3.63) is 0 Å². The van der Waals surface area contributed by atoms with Crippen molar-refractivity contribution in [1.82, 2.24) is 5.32 Å². The Morgan fingerprint density at radius 3 is 1.38 bits per heavy atom. The molecular weight excluding hydrogens is 452 g/mol. The maximum atomic E-state index is 11.6. The van der Waals surface area contributed by atoms with E-state index in [2.05, 4.69) is 12.2 Å². The van der Waals surface area contributed by atoms with Crippen molar-refractivity contribution in [3.63, 3.8) is 0 Å². The zero-order chi connectivity index (χ0) is 22.7. The van der Waals surface area contributed by atoms with Crippen LogP contribution in [0, 0.1) is 0 Å². The largest absolute Gasteiger partial charge is 0.480 e. The quantitative estimate of drug-likeness (QED) is 0.124. The van der Waals surface area contributed by atoms with Gasteiger partial charge in [-0.15, -0.1) is 0 Å². The summed E-state index contributed by atoms with van der Waals surface area (Å²) in [5.74, 6) is -2.41. The number of carbonyl (C=O) groups excluding carboxylic acids is 1. The molecule has 0 bridgehead atoms. The predicted molar refractivity (Wildman–Crippen MR) is 132 cm³/mol. The van der Waals surface area contributed by atoms with Crippen molar-refractivity contribution in [2.45, 2.75) is 121 Å². The van der Waals surface area contributed by atoms with Crippen molar-refractivity contribution < 1.29 is 27.7 Å². The minimum atomic E-state index is -4.78. The number of hydrogen-bond acceptors (Lipinski definition) is 4. The van der Waals surface area contributed by atoms with Gasteiger partial charge in [0.15, 0.2) is 5.25 Å². The summed E-state index contributed by atoms with van der Waals surface area (Å²) in [6.45, 7) is 2.63. The summed E-state index contributed by atoms with van der Waals surface area (Å²) >= 11 is 0. The summed E-state index contributed by atoms with van der Waals surface area (Å²) in [6.07, 6.45) is 19.4. The monoisotopic (exact) mass is 495 g/mol. The number of carbonyl (C=O) groups is 2. The fourth-order valence-electron chi connectivity index (χ4n) is 3.46. The van der Waals surface area contributed by atoms with E-state index in [0.717, 1.165) is 19.3 Å². The van der Waals surface area contributed by atoms with E-state index >= 15 is 0 Å². The van der Waals surface area contributed by atoms with E-state index < -0.39 is 33.7 Å². The second kappa shape index (κ2) is 25.0. The molecule has 0 fully saturated rings. The third kappa shape index (κ3) is 24.0. The Balaban J connectivity index is -0.00000420. The molecule has 1 amide bonds. The molecule has 0 saturated carbocycles. The van der Waals surface area contributed by atoms with Gasteiger partial charge in [-0.25, -0.2) is 0 Å². The SMILES string of the molecule is CCCCCCCCCCCCCCCCCCNC(=O)CC(C(=O)O)S(=O)(=O)O.[Na].[Na]. The Bertz CT molecular complexity index is 561. The second-order valence-electron chi connectivity index (χ2n) is 8.20. The molecule has 180 valence electrons. The summed E-state index contributed by atoms with van der Waals surface area (Å²) in [6, 6.07) is 0. The second-order valence-corrected chi connectivity index (χ2v) is 9.80. The number of rotatable bonds is 21. The van der Waals surface area contributed by atoms with E-state index in [9.17, 15) is 18.0 Å². The van der Waals surface area contributed by atoms with Crippen LogP contribution in [0.4, 0.5) is 0 Å². The van der Waals surface area contributed by atoms with Gasteiger partial charge in [0.2, 0.25) is 5.91 Å². The number of amides is 1. The van der Waals surface area contributed by atoms with Crippen LogP contribution in [0.15, 0.2) is 0 Å². The Morgan fingerprint density at radius 1 is 0.719 bits per heavy atom. The molecule has 0 aromatic heterocycles. The molecule has 0 heterocycles. The topological polar surface area (TPSA) is 121 Å². The van der Waals surface area contributed by atoms with Gasteiger partial charge in [-0.1, -0.05) is 103 Å². The molecule has 1 atom stereocenters. The zero-order valence-corrected chi connectivity index (χ0v) is 25.6. The van der Waals surface area contributed by atoms with Gasteiger partial charge >= 0.3 is 5.97 Å². The summed E-state index contributed by atoms with van der Waals surface area (Å²) in [5.41, 5.74) is 0. The summed E-state index contributed by atoms with van der Waals surface area (Å²) in [7, 11) is -4.78. The van der Waals surface area contributed by atoms with E-state index in [1.807, 2.05) is 0 Å². The van der Waals surface area contributed by atoms with Gasteiger partial charge < -0.3 is 10.4 Å². The molecule has 2 radical (unpaired) electrons. The van der Waals surface area contributed by atoms with Crippen LogP contribution >= 0.6 is 0 Å². The minimum Gasteiger partial charge on any atom is -0.480 e. The molecule has 32 heavy (non-hydrogen) atoms. The Hall–Kier alpha value is 0.850. The standard InChI is InChI=1S/C22H43NO6S.2Na/c1-2-3-4-5-6-7-8-9-10-11-12-13-14-15-16-17-18-23-21(24)19-20(22(25)26)30(27,28)29;;/h20H,2-19H2,1H3,(H,23,24)(H,25,26)(H,27,28,29);;. The minimum absolute atomic E-state index is 0. The molecule has 0 aliphatic carbocycles. The van der Waals surface area contributed by atoms with Crippen molar-refractivity contribution in [1.29, 1.82) is 0 Å². The fourth-order valence-corrected chi connectivity index (χ4v) is 4.08. The molecular formula is C22H43NNa2O6S. The van der Waals surface area contributed by atoms with Crippen LogP contribution in [-0.2, 0) is 19.7 Å². The maximum Gasteiger partial charge on any atom is 0.324 e. The number of hydrogen-bond donors (Lipinski definition) is 3. The average Bonchev–Trinajstić information content (AvgIpc) is 2.67. The van der Waals surface area contributed by atoms with Gasteiger partial charge in [-0.05, 0) is 6.42 Å². The molecule has 0 aromatic rings. The summed E-state index contributed by atoms with van der Waals surface area (Å²) < 4.78 is 30.7. The molecule has 0 saturated heterocycles. The van der Waals surface area contributed by atoms with Crippen LogP contribution < -0.4 is 5.32 Å². The van der Waals surface area contributed by atoms with Crippen molar-refractivity contribution in [2.75, 3.05) is 6.54 Å². The fraction of sp³-hybridized carbons (Fsp3) is 0.909. The van der Waals surface area contributed by atoms with Gasteiger partial charge in [0.05, 0.1) is 6.42 Å². The third-order valence-electron chi connectivity index (χ3n) is 5.36. The van der Waals surface area contributed by atoms with Gasteiger partial charge in [0.25, 0.3) is 10.1 Å². The molecule has 0 spiro atoms. The van der Waals surface area contributed by atoms with Crippen molar-refractivity contribution >= 4 is 81.1 Å². The number of nitrogens with one attached hydrogen (secondary N) is 1. The van der Waals surface area contributed by atoms with Crippen LogP contribution in [0.1, 0.15) is 116 Å². The average molecular weight is 496 g/mol. The van der Waals surface area contributed by atoms with Crippen LogP contribution in [0.25, 0.3) is 0 Å². The molecule has 7 nitrogen and oxygen atoms in total. The number of unbranched alkanes of at least 4 members (excludes halogenated alkanes) is 15. The van der Waals surface area contributed by atoms with E-state index in [-0.39, 0.29) is 59.1 Å². The van der Waals surface area contributed by atoms with E-state index in [1.165, 1.54) is 83.5 Å². The van der Waals surface area contributed by atoms with Gasteiger partial charge in [0, 0.05) is 65.7 Å². The van der Waals surface area contributed by atoms with Gasteiger partial charge in [-0.3, -0.25) is 14.1 Å². The van der Waals surface area contributed by atoms with Crippen LogP contribution in [0.5, 0.6) is 0 Å². The molecule has 0 rings (SSSR count). The Labute approximate surface area is 240 Å². The van der Waals surface area contributed by atoms with E-state index in [0.29, 0.717) is 6.54 Å². The first-order valence-corrected chi connectivity index (χ1v) is 13.2. The van der Waals surface area contributed by atoms with Crippen LogP contribution in [0.3, 0.4) is 0 Å². The Morgan fingerprint density at radius 2 is 1.06 bits per heavy atom. The normalized spacial score (nSPS) is 11.8. The number of carboxylic acid groups (broad SMARTS) is 1. The molecule has 0 aliphatic heterocycles. The van der Waals surface area contributed by atoms with Crippen LogP contribution in [0.2, 0.25) is 0 Å². The number of aliphatic carboxylic acids is 1. The third-order valence-corrected chi connectivity index (χ3v) is 6.45. The molecule has 0 aliphatic rings. The van der Waals surface area contributed by atoms with Crippen molar-refractivity contribution in [2.24, 2.45) is 0 Å². The first kappa shape index (κ1) is 37.4. The molecule has 0 aromatic carbocycles. The number of carboxylic acids is 1. The van der Waals surface area contributed by atoms with E-state index in [4.69, 9.17) is 9.66 Å². The van der Waals surface area contributed by atoms with Gasteiger partial charge in [-0.2, -0.15) is 8.42 Å².